The summed E-state index contributed by atoms with van der Waals surface area (Å²) < 4.78 is 5.46. The molecule has 0 bridgehead atoms. The van der Waals surface area contributed by atoms with Crippen LogP contribution in [0.1, 0.15) is 25.5 Å². The minimum Gasteiger partial charge on any atom is -0.385 e. The molecule has 1 aliphatic heterocycles. The van der Waals surface area contributed by atoms with Gasteiger partial charge in [-0.1, -0.05) is 6.92 Å². The third-order valence-electron chi connectivity index (χ3n) is 3.10. The lowest BCUT2D eigenvalue weighted by Crippen LogP contribution is -2.26. The molecular formula is C14H23N3O. The number of ether oxygens (including phenoxy) is 1. The number of hydrogen-bond donors (Lipinski definition) is 1. The molecule has 4 heteroatoms. The normalized spacial score (nSPS) is 17.4. The SMILES string of the molecule is CCCNc1ccnc(CN2CCCOCC2)c1. The zero-order valence-electron chi connectivity index (χ0n) is 11.2. The average molecular weight is 249 g/mol. The highest BCUT2D eigenvalue weighted by atomic mass is 16.5. The predicted octanol–water partition coefficient (Wildman–Crippen LogP) is 2.13. The quantitative estimate of drug-likeness (QED) is 0.867. The van der Waals surface area contributed by atoms with Gasteiger partial charge in [0, 0.05) is 44.7 Å². The van der Waals surface area contributed by atoms with Crippen molar-refractivity contribution in [2.75, 3.05) is 38.2 Å². The molecule has 100 valence electrons. The second-order valence-corrected chi connectivity index (χ2v) is 4.70. The summed E-state index contributed by atoms with van der Waals surface area (Å²) in [6, 6.07) is 4.19. The van der Waals surface area contributed by atoms with E-state index < -0.39 is 0 Å². The Hall–Kier alpha value is -1.13. The molecule has 1 aromatic heterocycles. The van der Waals surface area contributed by atoms with Crippen molar-refractivity contribution in [2.45, 2.75) is 26.3 Å². The number of anilines is 1. The van der Waals surface area contributed by atoms with Crippen LogP contribution in [0.15, 0.2) is 18.3 Å². The van der Waals surface area contributed by atoms with Crippen molar-refractivity contribution in [1.29, 1.82) is 0 Å². The maximum Gasteiger partial charge on any atom is 0.0593 e. The Morgan fingerprint density at radius 2 is 2.33 bits per heavy atom. The summed E-state index contributed by atoms with van der Waals surface area (Å²) in [6.07, 6.45) is 4.15. The van der Waals surface area contributed by atoms with Gasteiger partial charge in [0.25, 0.3) is 0 Å². The van der Waals surface area contributed by atoms with Gasteiger partial charge < -0.3 is 10.1 Å². The minimum absolute atomic E-state index is 0.841. The van der Waals surface area contributed by atoms with Crippen molar-refractivity contribution < 1.29 is 4.74 Å². The van der Waals surface area contributed by atoms with E-state index in [2.05, 4.69) is 28.2 Å². The lowest BCUT2D eigenvalue weighted by atomic mass is 10.2. The lowest BCUT2D eigenvalue weighted by molar-refractivity contribution is 0.140. The molecule has 0 saturated carbocycles. The Balaban J connectivity index is 1.91. The van der Waals surface area contributed by atoms with E-state index in [1.54, 1.807) is 0 Å². The summed E-state index contributed by atoms with van der Waals surface area (Å²) in [6.45, 7) is 7.96. The standard InChI is InChI=1S/C14H23N3O/c1-2-5-15-13-4-6-16-14(11-13)12-17-7-3-9-18-10-8-17/h4,6,11H,2-3,5,7-10,12H2,1H3,(H,15,16). The molecule has 2 rings (SSSR count). The molecule has 0 atom stereocenters. The Morgan fingerprint density at radius 1 is 1.39 bits per heavy atom. The van der Waals surface area contributed by atoms with Crippen LogP contribution in [0, 0.1) is 0 Å². The minimum atomic E-state index is 0.841. The second kappa shape index (κ2) is 7.34. The Bertz CT molecular complexity index is 349. The number of aromatic nitrogens is 1. The molecule has 1 saturated heterocycles. The first kappa shape index (κ1) is 13.3. The monoisotopic (exact) mass is 249 g/mol. The van der Waals surface area contributed by atoms with Gasteiger partial charge in [0.2, 0.25) is 0 Å². The van der Waals surface area contributed by atoms with E-state index in [9.17, 15) is 0 Å². The molecule has 1 fully saturated rings. The van der Waals surface area contributed by atoms with Crippen LogP contribution >= 0.6 is 0 Å². The van der Waals surface area contributed by atoms with Crippen LogP contribution in [0.4, 0.5) is 5.69 Å². The first-order valence-corrected chi connectivity index (χ1v) is 6.87. The molecule has 4 nitrogen and oxygen atoms in total. The van der Waals surface area contributed by atoms with Crippen molar-refractivity contribution in [3.8, 4) is 0 Å². The van der Waals surface area contributed by atoms with E-state index in [0.717, 1.165) is 57.9 Å². The predicted molar refractivity (Wildman–Crippen MR) is 73.7 cm³/mol. The first-order valence-electron chi connectivity index (χ1n) is 6.87. The van der Waals surface area contributed by atoms with E-state index in [1.165, 1.54) is 5.69 Å². The number of hydrogen-bond acceptors (Lipinski definition) is 4. The largest absolute Gasteiger partial charge is 0.385 e. The maximum atomic E-state index is 5.46. The number of rotatable bonds is 5. The van der Waals surface area contributed by atoms with Gasteiger partial charge in [0.05, 0.1) is 12.3 Å². The van der Waals surface area contributed by atoms with Crippen LogP contribution in [0.3, 0.4) is 0 Å². The van der Waals surface area contributed by atoms with E-state index >= 15 is 0 Å². The molecule has 0 unspecified atom stereocenters. The topological polar surface area (TPSA) is 37.4 Å². The third-order valence-corrected chi connectivity index (χ3v) is 3.10. The van der Waals surface area contributed by atoms with Crippen molar-refractivity contribution in [3.63, 3.8) is 0 Å². The summed E-state index contributed by atoms with van der Waals surface area (Å²) in [4.78, 5) is 6.87. The molecule has 0 radical (unpaired) electrons. The van der Waals surface area contributed by atoms with E-state index in [0.29, 0.717) is 0 Å². The summed E-state index contributed by atoms with van der Waals surface area (Å²) in [7, 11) is 0. The smallest absolute Gasteiger partial charge is 0.0593 e. The molecule has 0 aromatic carbocycles. The molecule has 0 spiro atoms. The van der Waals surface area contributed by atoms with Crippen molar-refractivity contribution in [2.24, 2.45) is 0 Å². The Labute approximate surface area is 109 Å². The van der Waals surface area contributed by atoms with Gasteiger partial charge in [-0.2, -0.15) is 0 Å². The van der Waals surface area contributed by atoms with Gasteiger partial charge in [-0.15, -0.1) is 0 Å². The molecule has 0 amide bonds. The molecule has 2 heterocycles. The van der Waals surface area contributed by atoms with Crippen LogP contribution in [-0.2, 0) is 11.3 Å². The summed E-state index contributed by atoms with van der Waals surface area (Å²) in [5, 5.41) is 3.40. The molecule has 1 N–H and O–H groups in total. The van der Waals surface area contributed by atoms with Gasteiger partial charge in [0.15, 0.2) is 0 Å². The fraction of sp³-hybridized carbons (Fsp3) is 0.643. The maximum absolute atomic E-state index is 5.46. The lowest BCUT2D eigenvalue weighted by Gasteiger charge is -2.18. The van der Waals surface area contributed by atoms with E-state index in [4.69, 9.17) is 4.74 Å². The van der Waals surface area contributed by atoms with E-state index in [1.807, 2.05) is 12.3 Å². The zero-order valence-corrected chi connectivity index (χ0v) is 11.2. The van der Waals surface area contributed by atoms with Gasteiger partial charge in [-0.3, -0.25) is 9.88 Å². The zero-order chi connectivity index (χ0) is 12.6. The highest BCUT2D eigenvalue weighted by molar-refractivity contribution is 5.43. The summed E-state index contributed by atoms with van der Waals surface area (Å²) in [5.41, 5.74) is 2.31. The Morgan fingerprint density at radius 3 is 3.22 bits per heavy atom. The highest BCUT2D eigenvalue weighted by Gasteiger charge is 2.10. The molecular weight excluding hydrogens is 226 g/mol. The Kier molecular flexibility index (Phi) is 5.42. The second-order valence-electron chi connectivity index (χ2n) is 4.70. The molecule has 18 heavy (non-hydrogen) atoms. The van der Waals surface area contributed by atoms with Crippen molar-refractivity contribution >= 4 is 5.69 Å². The van der Waals surface area contributed by atoms with Gasteiger partial charge in [-0.25, -0.2) is 0 Å². The number of nitrogens with zero attached hydrogens (tertiary/aromatic N) is 2. The van der Waals surface area contributed by atoms with Gasteiger partial charge in [-0.05, 0) is 25.0 Å². The van der Waals surface area contributed by atoms with Crippen LogP contribution < -0.4 is 5.32 Å². The molecule has 1 aliphatic rings. The van der Waals surface area contributed by atoms with E-state index in [-0.39, 0.29) is 0 Å². The van der Waals surface area contributed by atoms with Crippen LogP contribution in [0.25, 0.3) is 0 Å². The summed E-state index contributed by atoms with van der Waals surface area (Å²) >= 11 is 0. The molecule has 1 aromatic rings. The number of pyridine rings is 1. The van der Waals surface area contributed by atoms with Crippen LogP contribution in [0.5, 0.6) is 0 Å². The fourth-order valence-electron chi connectivity index (χ4n) is 2.13. The molecule has 0 aliphatic carbocycles. The third kappa shape index (κ3) is 4.27. The van der Waals surface area contributed by atoms with Gasteiger partial charge >= 0.3 is 0 Å². The average Bonchev–Trinajstić information content (AvgIpc) is 2.65. The van der Waals surface area contributed by atoms with Crippen LogP contribution in [0.2, 0.25) is 0 Å². The first-order chi connectivity index (χ1) is 8.88. The number of nitrogens with one attached hydrogen (secondary N) is 1. The van der Waals surface area contributed by atoms with Gasteiger partial charge in [0.1, 0.15) is 0 Å². The summed E-state index contributed by atoms with van der Waals surface area (Å²) in [5.74, 6) is 0. The highest BCUT2D eigenvalue weighted by Crippen LogP contribution is 2.11. The van der Waals surface area contributed by atoms with Crippen molar-refractivity contribution in [3.05, 3.63) is 24.0 Å². The van der Waals surface area contributed by atoms with Crippen molar-refractivity contribution in [1.82, 2.24) is 9.88 Å². The fourth-order valence-corrected chi connectivity index (χ4v) is 2.13. The van der Waals surface area contributed by atoms with Crippen LogP contribution in [-0.4, -0.2) is 42.7 Å².